The molecule has 7 N–H and O–H groups in total. The minimum Gasteiger partial charge on any atom is -0.507 e. The number of aliphatic hydroxyl groups is 3. The number of phenols is 4. The lowest BCUT2D eigenvalue weighted by Crippen LogP contribution is -2.56. The van der Waals surface area contributed by atoms with Gasteiger partial charge in [-0.2, -0.15) is 0 Å². The Bertz CT molecular complexity index is 1880. The van der Waals surface area contributed by atoms with Crippen molar-refractivity contribution in [1.29, 1.82) is 0 Å². The first-order valence-corrected chi connectivity index (χ1v) is 13.1. The molecule has 2 saturated carbocycles. The van der Waals surface area contributed by atoms with Gasteiger partial charge in [-0.25, -0.2) is 0 Å². The number of fused-ring (bicyclic) bond motifs is 6. The number of phenolic OH excluding ortho intramolecular Hbond substituents is 4. The summed E-state index contributed by atoms with van der Waals surface area (Å²) in [5.41, 5.74) is -7.07. The predicted octanol–water partition coefficient (Wildman–Crippen LogP) is 1.09. The van der Waals surface area contributed by atoms with Crippen LogP contribution in [0.3, 0.4) is 0 Å². The SMILES string of the molecule is Cc1cc(O)c2c(c1O)C(=O)C1=C(C2=O)C(=O)[C@@H]2[C@H](O)[C@H]1[C@@H]1[C@@H](O)CC(=O)C3=C(O)c4c(O)cc(C)c(O)c4C(=O)[C@]312. The van der Waals surface area contributed by atoms with E-state index in [0.717, 1.165) is 12.1 Å². The second kappa shape index (κ2) is 7.72. The first kappa shape index (κ1) is 26.1. The fraction of sp³-hybridized carbons (Fsp3) is 0.300. The maximum absolute atomic E-state index is 14.6. The van der Waals surface area contributed by atoms with E-state index in [1.165, 1.54) is 13.8 Å². The Morgan fingerprint density at radius 3 is 1.95 bits per heavy atom. The molecular formula is C30H22O12. The molecule has 0 unspecified atom stereocenters. The number of allylic oxidation sites excluding steroid dienone is 2. The molecule has 5 aliphatic carbocycles. The fourth-order valence-corrected chi connectivity index (χ4v) is 8.18. The quantitative estimate of drug-likeness (QED) is 0.173. The van der Waals surface area contributed by atoms with Crippen molar-refractivity contribution in [2.75, 3.05) is 0 Å². The lowest BCUT2D eigenvalue weighted by molar-refractivity contribution is -0.128. The van der Waals surface area contributed by atoms with E-state index in [2.05, 4.69) is 0 Å². The highest BCUT2D eigenvalue weighted by atomic mass is 16.3. The topological polar surface area (TPSA) is 227 Å². The van der Waals surface area contributed by atoms with Crippen molar-refractivity contribution < 1.29 is 59.7 Å². The maximum Gasteiger partial charge on any atom is 0.201 e. The summed E-state index contributed by atoms with van der Waals surface area (Å²) < 4.78 is 0. The number of aromatic hydroxyl groups is 4. The van der Waals surface area contributed by atoms with E-state index >= 15 is 0 Å². The highest BCUT2D eigenvalue weighted by Gasteiger charge is 2.77. The molecule has 6 atom stereocenters. The van der Waals surface area contributed by atoms with Gasteiger partial charge >= 0.3 is 0 Å². The molecular weight excluding hydrogens is 552 g/mol. The van der Waals surface area contributed by atoms with E-state index in [1.54, 1.807) is 0 Å². The summed E-state index contributed by atoms with van der Waals surface area (Å²) in [7, 11) is 0. The minimum absolute atomic E-state index is 0.00104. The molecule has 2 fully saturated rings. The largest absolute Gasteiger partial charge is 0.507 e. The summed E-state index contributed by atoms with van der Waals surface area (Å²) in [5.74, 6) is -14.5. The Morgan fingerprint density at radius 1 is 0.762 bits per heavy atom. The summed E-state index contributed by atoms with van der Waals surface area (Å²) in [6.07, 6.45) is -4.41. The molecule has 0 saturated heterocycles. The summed E-state index contributed by atoms with van der Waals surface area (Å²) in [5, 5.41) is 77.2. The Hall–Kier alpha value is -4.81. The Labute approximate surface area is 235 Å². The standard InChI is InChI=1S/C30H22O12/c1-6-3-8(31)12-16(22(6)35)25(38)14-15-19-10(33)5-11(34)20-26(39)13-9(32)4-7(2)23(36)18(13)29(42)30(19,20)21(27(15)40)28(41)17(14)24(12)37/h3-4,10,15,19,21,27,31-33,35-36,39-40H,5H2,1-2H3/t10-,15+,19-,21-,27+,30-/m0/s1. The van der Waals surface area contributed by atoms with Gasteiger partial charge in [0.15, 0.2) is 23.1 Å². The third kappa shape index (κ3) is 2.54. The number of ketones is 5. The van der Waals surface area contributed by atoms with Gasteiger partial charge in [-0.1, -0.05) is 0 Å². The molecule has 0 radical (unpaired) electrons. The molecule has 0 amide bonds. The number of hydrogen-bond acceptors (Lipinski definition) is 12. The average Bonchev–Trinajstić information content (AvgIpc) is 3.11. The van der Waals surface area contributed by atoms with E-state index < -0.39 is 138 Å². The Morgan fingerprint density at radius 2 is 1.33 bits per heavy atom. The third-order valence-corrected chi connectivity index (χ3v) is 9.69. The zero-order chi connectivity index (χ0) is 30.5. The van der Waals surface area contributed by atoms with Crippen molar-refractivity contribution in [3.63, 3.8) is 0 Å². The highest BCUT2D eigenvalue weighted by molar-refractivity contribution is 6.40. The van der Waals surface area contributed by atoms with Gasteiger partial charge < -0.3 is 35.7 Å². The summed E-state index contributed by atoms with van der Waals surface area (Å²) in [6, 6.07) is 2.08. The highest BCUT2D eigenvalue weighted by Crippen LogP contribution is 2.69. The number of aryl methyl sites for hydroxylation is 2. The molecule has 5 aliphatic rings. The molecule has 0 aliphatic heterocycles. The molecule has 214 valence electrons. The molecule has 1 spiro atoms. The van der Waals surface area contributed by atoms with Crippen molar-refractivity contribution >= 4 is 34.7 Å². The minimum atomic E-state index is -2.55. The fourth-order valence-electron chi connectivity index (χ4n) is 8.18. The van der Waals surface area contributed by atoms with E-state index in [-0.39, 0.29) is 11.1 Å². The first-order valence-electron chi connectivity index (χ1n) is 13.1. The first-order chi connectivity index (χ1) is 19.7. The van der Waals surface area contributed by atoms with Gasteiger partial charge in [0.2, 0.25) is 5.78 Å². The number of rotatable bonds is 0. The van der Waals surface area contributed by atoms with Crippen LogP contribution in [0.1, 0.15) is 54.2 Å². The zero-order valence-corrected chi connectivity index (χ0v) is 21.9. The van der Waals surface area contributed by atoms with Gasteiger partial charge in [-0.3, -0.25) is 24.0 Å². The Kier molecular flexibility index (Phi) is 4.80. The number of aliphatic hydroxyl groups excluding tert-OH is 3. The summed E-state index contributed by atoms with van der Waals surface area (Å²) >= 11 is 0. The number of hydrogen-bond donors (Lipinski definition) is 7. The molecule has 12 heteroatoms. The molecule has 2 aromatic carbocycles. The van der Waals surface area contributed by atoms with Gasteiger partial charge in [0.1, 0.15) is 28.8 Å². The van der Waals surface area contributed by atoms with Crippen molar-refractivity contribution in [3.8, 4) is 23.0 Å². The summed E-state index contributed by atoms with van der Waals surface area (Å²) in [6.45, 7) is 2.70. The average molecular weight is 574 g/mol. The predicted molar refractivity (Wildman–Crippen MR) is 138 cm³/mol. The van der Waals surface area contributed by atoms with Gasteiger partial charge in [0.25, 0.3) is 0 Å². The van der Waals surface area contributed by atoms with Gasteiger partial charge in [-0.05, 0) is 37.1 Å². The molecule has 2 bridgehead atoms. The van der Waals surface area contributed by atoms with Crippen molar-refractivity contribution in [2.45, 2.75) is 32.5 Å². The van der Waals surface area contributed by atoms with E-state index in [1.807, 2.05) is 0 Å². The second-order valence-electron chi connectivity index (χ2n) is 11.6. The molecule has 0 aromatic heterocycles. The van der Waals surface area contributed by atoms with Crippen molar-refractivity contribution in [2.24, 2.45) is 23.2 Å². The molecule has 7 rings (SSSR count). The van der Waals surface area contributed by atoms with Crippen molar-refractivity contribution in [3.05, 3.63) is 62.2 Å². The Balaban J connectivity index is 1.58. The van der Waals surface area contributed by atoms with Crippen LogP contribution < -0.4 is 0 Å². The van der Waals surface area contributed by atoms with Crippen LogP contribution in [0.2, 0.25) is 0 Å². The lowest BCUT2D eigenvalue weighted by atomic mass is 9.52. The normalized spacial score (nSPS) is 31.1. The second-order valence-corrected chi connectivity index (χ2v) is 11.6. The van der Waals surface area contributed by atoms with E-state index in [0.29, 0.717) is 0 Å². The van der Waals surface area contributed by atoms with Gasteiger partial charge in [-0.15, -0.1) is 0 Å². The third-order valence-electron chi connectivity index (χ3n) is 9.69. The number of carbonyl (C=O) groups is 5. The van der Waals surface area contributed by atoms with Crippen LogP contribution in [0.15, 0.2) is 28.9 Å². The van der Waals surface area contributed by atoms with Crippen LogP contribution in [0.25, 0.3) is 5.76 Å². The molecule has 2 aromatic rings. The maximum atomic E-state index is 14.6. The molecule has 12 nitrogen and oxygen atoms in total. The van der Waals surface area contributed by atoms with E-state index in [9.17, 15) is 59.7 Å². The monoisotopic (exact) mass is 574 g/mol. The van der Waals surface area contributed by atoms with Gasteiger partial charge in [0, 0.05) is 23.8 Å². The van der Waals surface area contributed by atoms with Crippen LogP contribution in [0.4, 0.5) is 0 Å². The van der Waals surface area contributed by atoms with Crippen LogP contribution >= 0.6 is 0 Å². The number of carbonyl (C=O) groups excluding carboxylic acids is 5. The molecule has 0 heterocycles. The smallest absolute Gasteiger partial charge is 0.201 e. The number of benzene rings is 2. The van der Waals surface area contributed by atoms with Crippen LogP contribution in [-0.4, -0.2) is 76.9 Å². The van der Waals surface area contributed by atoms with E-state index in [4.69, 9.17) is 0 Å². The summed E-state index contributed by atoms with van der Waals surface area (Å²) in [4.78, 5) is 70.1. The van der Waals surface area contributed by atoms with Gasteiger partial charge in [0.05, 0.1) is 56.9 Å². The van der Waals surface area contributed by atoms with Crippen LogP contribution in [-0.2, 0) is 9.59 Å². The van der Waals surface area contributed by atoms with Crippen molar-refractivity contribution in [1.82, 2.24) is 0 Å². The van der Waals surface area contributed by atoms with Crippen LogP contribution in [0.5, 0.6) is 23.0 Å². The molecule has 42 heavy (non-hydrogen) atoms. The number of Topliss-reactive ketones (excluding diaryl/α,β-unsaturated/α-hetero) is 5. The zero-order valence-electron chi connectivity index (χ0n) is 21.9. The lowest BCUT2D eigenvalue weighted by Gasteiger charge is -2.47. The van der Waals surface area contributed by atoms with Crippen LogP contribution in [0, 0.1) is 37.0 Å².